The summed E-state index contributed by atoms with van der Waals surface area (Å²) in [5.41, 5.74) is 0.0276. The Labute approximate surface area is 119 Å². The number of nitrogens with zero attached hydrogens (tertiary/aromatic N) is 1. The Morgan fingerprint density at radius 1 is 1.19 bits per heavy atom. The summed E-state index contributed by atoms with van der Waals surface area (Å²) >= 11 is 0. The van der Waals surface area contributed by atoms with Gasteiger partial charge in [0.05, 0.1) is 11.3 Å². The molecule has 0 bridgehead atoms. The van der Waals surface area contributed by atoms with Gasteiger partial charge in [0.2, 0.25) is 0 Å². The number of nitrogens with one attached hydrogen (secondary N) is 1. The second kappa shape index (κ2) is 6.22. The van der Waals surface area contributed by atoms with Gasteiger partial charge in [-0.2, -0.15) is 13.2 Å². The predicted octanol–water partition coefficient (Wildman–Crippen LogP) is 4.09. The zero-order valence-electron chi connectivity index (χ0n) is 11.3. The molecule has 1 N–H and O–H groups in total. The van der Waals surface area contributed by atoms with Gasteiger partial charge < -0.3 is 5.32 Å². The summed E-state index contributed by atoms with van der Waals surface area (Å²) in [6.45, 7) is 1.96. The molecule has 0 aliphatic rings. The van der Waals surface area contributed by atoms with Crippen molar-refractivity contribution >= 4 is 0 Å². The van der Waals surface area contributed by atoms with E-state index in [9.17, 15) is 17.6 Å². The van der Waals surface area contributed by atoms with Gasteiger partial charge >= 0.3 is 6.18 Å². The zero-order chi connectivity index (χ0) is 15.5. The minimum absolute atomic E-state index is 0.124. The molecule has 0 saturated heterocycles. The number of hydrogen-bond donors (Lipinski definition) is 1. The van der Waals surface area contributed by atoms with Gasteiger partial charge in [-0.1, -0.05) is 6.07 Å². The average Bonchev–Trinajstić information content (AvgIpc) is 2.44. The van der Waals surface area contributed by atoms with Crippen LogP contribution in [-0.4, -0.2) is 4.98 Å². The number of pyridine rings is 1. The highest BCUT2D eigenvalue weighted by molar-refractivity contribution is 5.27. The van der Waals surface area contributed by atoms with Crippen LogP contribution in [0.2, 0.25) is 0 Å². The van der Waals surface area contributed by atoms with Crippen LogP contribution in [0, 0.1) is 5.82 Å². The van der Waals surface area contributed by atoms with Crippen LogP contribution in [0.3, 0.4) is 0 Å². The van der Waals surface area contributed by atoms with Gasteiger partial charge in [0, 0.05) is 18.8 Å². The topological polar surface area (TPSA) is 24.9 Å². The molecule has 1 atom stereocenters. The Morgan fingerprint density at radius 3 is 2.57 bits per heavy atom. The van der Waals surface area contributed by atoms with Gasteiger partial charge in [-0.05, 0) is 42.8 Å². The molecular weight excluding hydrogens is 284 g/mol. The molecule has 6 heteroatoms. The Kier molecular flexibility index (Phi) is 4.57. The van der Waals surface area contributed by atoms with Crippen LogP contribution >= 0.6 is 0 Å². The molecule has 0 amide bonds. The summed E-state index contributed by atoms with van der Waals surface area (Å²) < 4.78 is 51.1. The molecule has 0 aliphatic carbocycles. The van der Waals surface area contributed by atoms with E-state index >= 15 is 0 Å². The zero-order valence-corrected chi connectivity index (χ0v) is 11.3. The van der Waals surface area contributed by atoms with Crippen molar-refractivity contribution in [1.82, 2.24) is 10.3 Å². The van der Waals surface area contributed by atoms with E-state index in [0.717, 1.165) is 17.8 Å². The van der Waals surface area contributed by atoms with E-state index in [2.05, 4.69) is 10.3 Å². The van der Waals surface area contributed by atoms with Crippen LogP contribution in [0.1, 0.15) is 29.8 Å². The molecule has 2 aromatic rings. The van der Waals surface area contributed by atoms with Crippen LogP contribution in [-0.2, 0) is 12.7 Å². The maximum Gasteiger partial charge on any atom is 0.416 e. The molecule has 1 aromatic heterocycles. The van der Waals surface area contributed by atoms with E-state index in [-0.39, 0.29) is 18.2 Å². The number of aromatic nitrogens is 1. The van der Waals surface area contributed by atoms with Crippen LogP contribution in [0.25, 0.3) is 0 Å². The molecule has 2 rings (SSSR count). The van der Waals surface area contributed by atoms with Gasteiger partial charge in [-0.25, -0.2) is 4.39 Å². The fourth-order valence-corrected chi connectivity index (χ4v) is 1.92. The third-order valence-electron chi connectivity index (χ3n) is 3.03. The molecule has 2 nitrogen and oxygen atoms in total. The van der Waals surface area contributed by atoms with Crippen LogP contribution in [0.4, 0.5) is 17.6 Å². The highest BCUT2D eigenvalue weighted by Gasteiger charge is 2.31. The average molecular weight is 298 g/mol. The van der Waals surface area contributed by atoms with Crippen LogP contribution in [0.15, 0.2) is 42.6 Å². The fourth-order valence-electron chi connectivity index (χ4n) is 1.92. The van der Waals surface area contributed by atoms with Gasteiger partial charge in [-0.3, -0.25) is 4.98 Å². The minimum Gasteiger partial charge on any atom is -0.305 e. The first-order valence-corrected chi connectivity index (χ1v) is 6.37. The molecule has 112 valence electrons. The molecule has 0 aliphatic heterocycles. The SMILES string of the molecule is C[C@@H](NCc1cc(F)cc(C(F)(F)F)c1)c1ccccn1. The van der Waals surface area contributed by atoms with Gasteiger partial charge in [0.1, 0.15) is 5.82 Å². The summed E-state index contributed by atoms with van der Waals surface area (Å²) in [4.78, 5) is 4.15. The van der Waals surface area contributed by atoms with Crippen LogP contribution < -0.4 is 5.32 Å². The smallest absolute Gasteiger partial charge is 0.305 e. The standard InChI is InChI=1S/C15H14F4N2/c1-10(14-4-2-3-5-20-14)21-9-11-6-12(15(17,18)19)8-13(16)7-11/h2-8,10,21H,9H2,1H3/t10-/m1/s1. The largest absolute Gasteiger partial charge is 0.416 e. The van der Waals surface area contributed by atoms with Crippen molar-refractivity contribution in [3.8, 4) is 0 Å². The lowest BCUT2D eigenvalue weighted by molar-refractivity contribution is -0.137. The first-order valence-electron chi connectivity index (χ1n) is 6.37. The molecule has 0 unspecified atom stereocenters. The maximum atomic E-state index is 13.3. The summed E-state index contributed by atoms with van der Waals surface area (Å²) in [5, 5.41) is 3.02. The Morgan fingerprint density at radius 2 is 1.95 bits per heavy atom. The number of alkyl halides is 3. The van der Waals surface area contributed by atoms with Crippen molar-refractivity contribution in [2.75, 3.05) is 0 Å². The van der Waals surface area contributed by atoms with Gasteiger partial charge in [0.25, 0.3) is 0 Å². The lowest BCUT2D eigenvalue weighted by Gasteiger charge is -2.14. The van der Waals surface area contributed by atoms with Crippen molar-refractivity contribution in [3.05, 3.63) is 65.2 Å². The quantitative estimate of drug-likeness (QED) is 0.860. The highest BCUT2D eigenvalue weighted by atomic mass is 19.4. The lowest BCUT2D eigenvalue weighted by atomic mass is 10.1. The summed E-state index contributed by atoms with van der Waals surface area (Å²) in [6.07, 6.45) is -2.92. The Balaban J connectivity index is 2.08. The molecule has 0 saturated carbocycles. The van der Waals surface area contributed by atoms with Crippen molar-refractivity contribution in [2.45, 2.75) is 25.7 Å². The third kappa shape index (κ3) is 4.26. The second-order valence-corrected chi connectivity index (χ2v) is 4.70. The van der Waals surface area contributed by atoms with E-state index in [4.69, 9.17) is 0 Å². The molecule has 0 spiro atoms. The Hall–Kier alpha value is -1.95. The maximum absolute atomic E-state index is 13.3. The first kappa shape index (κ1) is 15.4. The summed E-state index contributed by atoms with van der Waals surface area (Å²) in [7, 11) is 0. The monoisotopic (exact) mass is 298 g/mol. The second-order valence-electron chi connectivity index (χ2n) is 4.70. The number of benzene rings is 1. The van der Waals surface area contributed by atoms with Crippen molar-refractivity contribution in [1.29, 1.82) is 0 Å². The molecule has 21 heavy (non-hydrogen) atoms. The lowest BCUT2D eigenvalue weighted by Crippen LogP contribution is -2.19. The first-order chi connectivity index (χ1) is 9.86. The van der Waals surface area contributed by atoms with Crippen molar-refractivity contribution in [3.63, 3.8) is 0 Å². The van der Waals surface area contributed by atoms with E-state index in [1.165, 1.54) is 0 Å². The van der Waals surface area contributed by atoms with Gasteiger partial charge in [0.15, 0.2) is 0 Å². The molecule has 0 fully saturated rings. The normalized spacial score (nSPS) is 13.2. The van der Waals surface area contributed by atoms with E-state index in [0.29, 0.717) is 6.07 Å². The molecular formula is C15H14F4N2. The number of halogens is 4. The van der Waals surface area contributed by atoms with Crippen LogP contribution in [0.5, 0.6) is 0 Å². The van der Waals surface area contributed by atoms with E-state index in [1.54, 1.807) is 12.3 Å². The fraction of sp³-hybridized carbons (Fsp3) is 0.267. The minimum atomic E-state index is -4.55. The summed E-state index contributed by atoms with van der Waals surface area (Å²) in [5.74, 6) is -0.896. The van der Waals surface area contributed by atoms with E-state index < -0.39 is 17.6 Å². The molecule has 1 aromatic carbocycles. The Bertz CT molecular complexity index is 596. The number of rotatable bonds is 4. The van der Waals surface area contributed by atoms with Crippen molar-refractivity contribution in [2.24, 2.45) is 0 Å². The van der Waals surface area contributed by atoms with Gasteiger partial charge in [-0.15, -0.1) is 0 Å². The molecule has 0 radical (unpaired) electrons. The predicted molar refractivity (Wildman–Crippen MR) is 70.9 cm³/mol. The summed E-state index contributed by atoms with van der Waals surface area (Å²) in [6, 6.07) is 7.79. The van der Waals surface area contributed by atoms with Crippen molar-refractivity contribution < 1.29 is 17.6 Å². The van der Waals surface area contributed by atoms with E-state index in [1.807, 2.05) is 19.1 Å². The number of hydrogen-bond acceptors (Lipinski definition) is 2. The molecule has 1 heterocycles. The highest BCUT2D eigenvalue weighted by Crippen LogP contribution is 2.30. The third-order valence-corrected chi connectivity index (χ3v) is 3.03.